The minimum absolute atomic E-state index is 0.396. The Balaban J connectivity index is 2.57. The highest BCUT2D eigenvalue weighted by molar-refractivity contribution is 7.99. The molecule has 0 aliphatic rings. The van der Waals surface area contributed by atoms with E-state index < -0.39 is 0 Å². The zero-order valence-corrected chi connectivity index (χ0v) is 10.6. The van der Waals surface area contributed by atoms with Crippen LogP contribution in [0.3, 0.4) is 0 Å². The van der Waals surface area contributed by atoms with Gasteiger partial charge in [-0.2, -0.15) is 11.8 Å². The minimum atomic E-state index is 0.396. The number of hydrogen-bond acceptors (Lipinski definition) is 2. The van der Waals surface area contributed by atoms with E-state index in [1.54, 1.807) is 6.07 Å². The summed E-state index contributed by atoms with van der Waals surface area (Å²) in [5, 5.41) is 9.43. The highest BCUT2D eigenvalue weighted by Crippen LogP contribution is 2.25. The average molecular weight is 224 g/mol. The van der Waals surface area contributed by atoms with Gasteiger partial charge in [0, 0.05) is 0 Å². The predicted octanol–water partition coefficient (Wildman–Crippen LogP) is 3.95. The summed E-state index contributed by atoms with van der Waals surface area (Å²) in [4.78, 5) is 0. The van der Waals surface area contributed by atoms with Crippen molar-refractivity contribution in [1.82, 2.24) is 0 Å². The molecule has 1 rings (SSSR count). The molecule has 0 radical (unpaired) electrons. The van der Waals surface area contributed by atoms with Crippen molar-refractivity contribution in [3.8, 4) is 5.75 Å². The molecule has 0 aliphatic heterocycles. The fraction of sp³-hybridized carbons (Fsp3) is 0.538. The number of benzene rings is 1. The minimum Gasteiger partial charge on any atom is -0.508 e. The number of phenolic OH excluding ortho intramolecular Hbond substituents is 1. The lowest BCUT2D eigenvalue weighted by Crippen LogP contribution is -1.98. The third-order valence-corrected chi connectivity index (χ3v) is 3.94. The van der Waals surface area contributed by atoms with Crippen LogP contribution in [0.25, 0.3) is 0 Å². The summed E-state index contributed by atoms with van der Waals surface area (Å²) >= 11 is 2.00. The molecule has 1 nitrogen and oxygen atoms in total. The number of hydrogen-bond donors (Lipinski definition) is 1. The molecule has 0 bridgehead atoms. The number of phenols is 1. The second-order valence-corrected chi connectivity index (χ2v) is 5.17. The molecule has 0 heterocycles. The normalized spacial score (nSPS) is 12.7. The van der Waals surface area contributed by atoms with Gasteiger partial charge < -0.3 is 5.11 Å². The molecular formula is C13H20OS. The van der Waals surface area contributed by atoms with Gasteiger partial charge in [0.1, 0.15) is 5.75 Å². The Morgan fingerprint density at radius 1 is 1.40 bits per heavy atom. The van der Waals surface area contributed by atoms with Crippen LogP contribution < -0.4 is 0 Å². The van der Waals surface area contributed by atoms with Crippen molar-refractivity contribution in [2.75, 3.05) is 11.5 Å². The fourth-order valence-corrected chi connectivity index (χ4v) is 2.49. The first kappa shape index (κ1) is 12.4. The zero-order valence-electron chi connectivity index (χ0n) is 9.79. The van der Waals surface area contributed by atoms with Crippen molar-refractivity contribution >= 4 is 11.8 Å². The van der Waals surface area contributed by atoms with Crippen molar-refractivity contribution in [2.45, 2.75) is 33.1 Å². The summed E-state index contributed by atoms with van der Waals surface area (Å²) in [6.45, 7) is 6.40. The number of thioether (sulfide) groups is 1. The Morgan fingerprint density at radius 3 is 2.73 bits per heavy atom. The van der Waals surface area contributed by atoms with Gasteiger partial charge >= 0.3 is 0 Å². The Hall–Kier alpha value is -0.630. The summed E-state index contributed by atoms with van der Waals surface area (Å²) in [5.74, 6) is 3.37. The second-order valence-electron chi connectivity index (χ2n) is 4.02. The molecule has 0 aromatic heterocycles. The highest BCUT2D eigenvalue weighted by atomic mass is 32.2. The second kappa shape index (κ2) is 6.06. The summed E-state index contributed by atoms with van der Waals surface area (Å²) in [5.41, 5.74) is 2.30. The van der Waals surface area contributed by atoms with Crippen LogP contribution in [0.5, 0.6) is 5.75 Å². The van der Waals surface area contributed by atoms with Gasteiger partial charge in [-0.05, 0) is 48.0 Å². The summed E-state index contributed by atoms with van der Waals surface area (Å²) < 4.78 is 0. The van der Waals surface area contributed by atoms with E-state index in [9.17, 15) is 5.11 Å². The van der Waals surface area contributed by atoms with Crippen molar-refractivity contribution in [1.29, 1.82) is 0 Å². The molecule has 84 valence electrons. The molecular weight excluding hydrogens is 204 g/mol. The zero-order chi connectivity index (χ0) is 11.3. The maximum atomic E-state index is 9.43. The van der Waals surface area contributed by atoms with E-state index in [1.807, 2.05) is 24.8 Å². The molecule has 0 saturated carbocycles. The van der Waals surface area contributed by atoms with E-state index in [1.165, 1.54) is 17.7 Å². The highest BCUT2D eigenvalue weighted by Gasteiger charge is 2.06. The molecule has 0 spiro atoms. The van der Waals surface area contributed by atoms with E-state index in [-0.39, 0.29) is 0 Å². The van der Waals surface area contributed by atoms with Crippen molar-refractivity contribution in [2.24, 2.45) is 0 Å². The molecule has 1 atom stereocenters. The average Bonchev–Trinajstić information content (AvgIpc) is 2.22. The van der Waals surface area contributed by atoms with Gasteiger partial charge in [-0.3, -0.25) is 0 Å². The number of aryl methyl sites for hydroxylation is 1. The molecule has 1 aromatic rings. The SMILES string of the molecule is CCCSCC(C)c1ccc(O)c(C)c1. The molecule has 2 heteroatoms. The Bertz CT molecular complexity index is 309. The van der Waals surface area contributed by atoms with E-state index in [2.05, 4.69) is 19.9 Å². The molecule has 0 fully saturated rings. The van der Waals surface area contributed by atoms with Crippen LogP contribution in [-0.4, -0.2) is 16.6 Å². The topological polar surface area (TPSA) is 20.2 Å². The first-order valence-electron chi connectivity index (χ1n) is 5.52. The van der Waals surface area contributed by atoms with Crippen LogP contribution in [0.15, 0.2) is 18.2 Å². The van der Waals surface area contributed by atoms with E-state index in [0.717, 1.165) is 11.3 Å². The van der Waals surface area contributed by atoms with Crippen LogP contribution in [-0.2, 0) is 0 Å². The van der Waals surface area contributed by atoms with Crippen LogP contribution in [0.2, 0.25) is 0 Å². The van der Waals surface area contributed by atoms with Crippen LogP contribution in [0.1, 0.15) is 37.3 Å². The largest absolute Gasteiger partial charge is 0.508 e. The van der Waals surface area contributed by atoms with Gasteiger partial charge in [0.2, 0.25) is 0 Å². The van der Waals surface area contributed by atoms with Crippen LogP contribution >= 0.6 is 11.8 Å². The van der Waals surface area contributed by atoms with Crippen molar-refractivity contribution in [3.63, 3.8) is 0 Å². The van der Waals surface area contributed by atoms with Gasteiger partial charge in [0.05, 0.1) is 0 Å². The number of aromatic hydroxyl groups is 1. The molecule has 0 saturated heterocycles. The molecule has 15 heavy (non-hydrogen) atoms. The first-order chi connectivity index (χ1) is 7.15. The Morgan fingerprint density at radius 2 is 2.13 bits per heavy atom. The lowest BCUT2D eigenvalue weighted by atomic mass is 10.0. The van der Waals surface area contributed by atoms with Gasteiger partial charge in [-0.1, -0.05) is 26.0 Å². The quantitative estimate of drug-likeness (QED) is 0.764. The molecule has 1 N–H and O–H groups in total. The molecule has 0 aliphatic carbocycles. The first-order valence-corrected chi connectivity index (χ1v) is 6.68. The summed E-state index contributed by atoms with van der Waals surface area (Å²) in [6, 6.07) is 5.91. The molecule has 0 amide bonds. The smallest absolute Gasteiger partial charge is 0.118 e. The third-order valence-electron chi connectivity index (χ3n) is 2.51. The predicted molar refractivity (Wildman–Crippen MR) is 68.9 cm³/mol. The monoisotopic (exact) mass is 224 g/mol. The lowest BCUT2D eigenvalue weighted by molar-refractivity contribution is 0.470. The van der Waals surface area contributed by atoms with Gasteiger partial charge in [0.25, 0.3) is 0 Å². The van der Waals surface area contributed by atoms with Gasteiger partial charge in [0.15, 0.2) is 0 Å². The standard InChI is InChI=1S/C13H20OS/c1-4-7-15-9-11(3)12-5-6-13(14)10(2)8-12/h5-6,8,11,14H,4,7,9H2,1-3H3. The van der Waals surface area contributed by atoms with Crippen LogP contribution in [0.4, 0.5) is 0 Å². The lowest BCUT2D eigenvalue weighted by Gasteiger charge is -2.12. The number of rotatable bonds is 5. The maximum absolute atomic E-state index is 9.43. The Kier molecular flexibility index (Phi) is 5.03. The summed E-state index contributed by atoms with van der Waals surface area (Å²) in [6.07, 6.45) is 1.24. The van der Waals surface area contributed by atoms with Crippen molar-refractivity contribution in [3.05, 3.63) is 29.3 Å². The summed E-state index contributed by atoms with van der Waals surface area (Å²) in [7, 11) is 0. The van der Waals surface area contributed by atoms with Crippen LogP contribution in [0, 0.1) is 6.92 Å². The molecule has 1 aromatic carbocycles. The van der Waals surface area contributed by atoms with Crippen molar-refractivity contribution < 1.29 is 5.11 Å². The van der Waals surface area contributed by atoms with E-state index in [4.69, 9.17) is 0 Å². The Labute approximate surface area is 96.9 Å². The van der Waals surface area contributed by atoms with E-state index in [0.29, 0.717) is 11.7 Å². The maximum Gasteiger partial charge on any atom is 0.118 e. The van der Waals surface area contributed by atoms with E-state index >= 15 is 0 Å². The third kappa shape index (κ3) is 3.78. The van der Waals surface area contributed by atoms with Gasteiger partial charge in [-0.25, -0.2) is 0 Å². The van der Waals surface area contributed by atoms with Gasteiger partial charge in [-0.15, -0.1) is 0 Å². The fourth-order valence-electron chi connectivity index (χ4n) is 1.49. The molecule has 1 unspecified atom stereocenters.